The van der Waals surface area contributed by atoms with Crippen molar-refractivity contribution in [1.82, 2.24) is 4.98 Å². The molecule has 5 nitrogen and oxygen atoms in total. The number of rotatable bonds is 2. The fraction of sp³-hybridized carbons (Fsp3) is 0.118. The molecule has 0 N–H and O–H groups in total. The van der Waals surface area contributed by atoms with Crippen LogP contribution in [0.15, 0.2) is 51.8 Å². The van der Waals surface area contributed by atoms with E-state index in [1.807, 2.05) is 13.8 Å². The number of hydrogen-bond acceptors (Lipinski definition) is 5. The van der Waals surface area contributed by atoms with Gasteiger partial charge in [0.1, 0.15) is 11.3 Å². The van der Waals surface area contributed by atoms with E-state index in [1.165, 1.54) is 18.3 Å². The molecule has 0 aliphatic rings. The van der Waals surface area contributed by atoms with Crippen LogP contribution in [0.1, 0.15) is 21.6 Å². The highest BCUT2D eigenvalue weighted by Crippen LogP contribution is 2.22. The number of fused-ring (bicyclic) bond motifs is 1. The average Bonchev–Trinajstić information content (AvgIpc) is 2.47. The molecule has 0 saturated heterocycles. The van der Waals surface area contributed by atoms with Crippen molar-refractivity contribution >= 4 is 16.9 Å². The van der Waals surface area contributed by atoms with Gasteiger partial charge in [0.2, 0.25) is 0 Å². The molecule has 0 saturated carbocycles. The van der Waals surface area contributed by atoms with Crippen LogP contribution in [0.25, 0.3) is 11.0 Å². The molecule has 0 fully saturated rings. The summed E-state index contributed by atoms with van der Waals surface area (Å²) in [6.45, 7) is 3.66. The van der Waals surface area contributed by atoms with E-state index in [0.29, 0.717) is 16.9 Å². The topological polar surface area (TPSA) is 69.4 Å². The summed E-state index contributed by atoms with van der Waals surface area (Å²) >= 11 is 0. The smallest absolute Gasteiger partial charge is 0.345 e. The van der Waals surface area contributed by atoms with Gasteiger partial charge in [-0.1, -0.05) is 0 Å². The van der Waals surface area contributed by atoms with Gasteiger partial charge in [0, 0.05) is 29.4 Å². The first-order chi connectivity index (χ1) is 10.5. The molecule has 2 aromatic heterocycles. The highest BCUT2D eigenvalue weighted by molar-refractivity contribution is 5.91. The van der Waals surface area contributed by atoms with Crippen LogP contribution in [-0.2, 0) is 0 Å². The molecule has 3 rings (SSSR count). The second-order valence-electron chi connectivity index (χ2n) is 4.98. The zero-order valence-corrected chi connectivity index (χ0v) is 12.1. The lowest BCUT2D eigenvalue weighted by Crippen LogP contribution is -2.09. The van der Waals surface area contributed by atoms with Crippen LogP contribution >= 0.6 is 0 Å². The van der Waals surface area contributed by atoms with E-state index in [4.69, 9.17) is 9.15 Å². The Morgan fingerprint density at radius 3 is 2.68 bits per heavy atom. The number of esters is 1. The van der Waals surface area contributed by atoms with E-state index in [0.717, 1.165) is 16.6 Å². The van der Waals surface area contributed by atoms with Gasteiger partial charge in [-0.25, -0.2) is 9.59 Å². The van der Waals surface area contributed by atoms with E-state index in [1.54, 1.807) is 24.3 Å². The summed E-state index contributed by atoms with van der Waals surface area (Å²) in [7, 11) is 0. The summed E-state index contributed by atoms with van der Waals surface area (Å²) in [5.41, 5.74) is 1.94. The summed E-state index contributed by atoms with van der Waals surface area (Å²) < 4.78 is 10.4. The van der Waals surface area contributed by atoms with Crippen LogP contribution in [-0.4, -0.2) is 11.0 Å². The molecule has 1 aromatic carbocycles. The molecular formula is C17H13NO4. The molecule has 0 unspecified atom stereocenters. The van der Waals surface area contributed by atoms with Gasteiger partial charge in [-0.05, 0) is 43.7 Å². The van der Waals surface area contributed by atoms with Crippen LogP contribution < -0.4 is 10.4 Å². The van der Waals surface area contributed by atoms with Gasteiger partial charge >= 0.3 is 11.6 Å². The standard InChI is InChI=1S/C17H13NO4/c1-10-7-16(19)22-15-8-13(5-6-14(10)15)21-17(20)12-4-3-11(2)18-9-12/h3-9H,1-2H3. The van der Waals surface area contributed by atoms with Gasteiger partial charge in [0.15, 0.2) is 0 Å². The molecule has 0 aliphatic heterocycles. The first-order valence-corrected chi connectivity index (χ1v) is 6.72. The molecule has 2 heterocycles. The summed E-state index contributed by atoms with van der Waals surface area (Å²) in [6.07, 6.45) is 1.46. The minimum atomic E-state index is -0.512. The fourth-order valence-corrected chi connectivity index (χ4v) is 2.12. The van der Waals surface area contributed by atoms with E-state index in [9.17, 15) is 9.59 Å². The van der Waals surface area contributed by atoms with Crippen molar-refractivity contribution in [2.75, 3.05) is 0 Å². The van der Waals surface area contributed by atoms with Crippen molar-refractivity contribution in [2.24, 2.45) is 0 Å². The Balaban J connectivity index is 1.92. The van der Waals surface area contributed by atoms with Gasteiger partial charge in [-0.3, -0.25) is 4.98 Å². The third-order valence-corrected chi connectivity index (χ3v) is 3.28. The number of ether oxygens (including phenoxy) is 1. The average molecular weight is 295 g/mol. The summed E-state index contributed by atoms with van der Waals surface area (Å²) in [4.78, 5) is 27.5. The quantitative estimate of drug-likeness (QED) is 0.413. The van der Waals surface area contributed by atoms with Crippen LogP contribution in [0.5, 0.6) is 5.75 Å². The maximum absolute atomic E-state index is 12.0. The summed E-state index contributed by atoms with van der Waals surface area (Å²) in [5.74, 6) is -0.200. The largest absolute Gasteiger partial charge is 0.423 e. The third kappa shape index (κ3) is 2.74. The Bertz CT molecular complexity index is 910. The SMILES string of the molecule is Cc1ccc(C(=O)Oc2ccc3c(C)cc(=O)oc3c2)cn1. The van der Waals surface area contributed by atoms with Crippen LogP contribution in [0.2, 0.25) is 0 Å². The molecular weight excluding hydrogens is 282 g/mol. The Kier molecular flexibility index (Phi) is 3.47. The molecule has 0 bridgehead atoms. The monoisotopic (exact) mass is 295 g/mol. The molecule has 3 aromatic rings. The maximum Gasteiger partial charge on any atom is 0.345 e. The van der Waals surface area contributed by atoms with Crippen molar-refractivity contribution in [3.8, 4) is 5.75 Å². The Labute approximate surface area is 126 Å². The van der Waals surface area contributed by atoms with Gasteiger partial charge < -0.3 is 9.15 Å². The predicted octanol–water partition coefficient (Wildman–Crippen LogP) is 3.02. The Hall–Kier alpha value is -2.95. The second-order valence-corrected chi connectivity index (χ2v) is 4.98. The molecule has 5 heteroatoms. The summed E-state index contributed by atoms with van der Waals surface area (Å²) in [5, 5.41) is 0.802. The number of nitrogens with zero attached hydrogens (tertiary/aromatic N) is 1. The highest BCUT2D eigenvalue weighted by Gasteiger charge is 2.10. The van der Waals surface area contributed by atoms with E-state index >= 15 is 0 Å². The first kappa shape index (κ1) is 14.0. The predicted molar refractivity (Wildman–Crippen MR) is 81.2 cm³/mol. The third-order valence-electron chi connectivity index (χ3n) is 3.28. The lowest BCUT2D eigenvalue weighted by molar-refractivity contribution is 0.0734. The first-order valence-electron chi connectivity index (χ1n) is 6.72. The minimum Gasteiger partial charge on any atom is -0.423 e. The Morgan fingerprint density at radius 2 is 1.95 bits per heavy atom. The number of aryl methyl sites for hydroxylation is 2. The Morgan fingerprint density at radius 1 is 1.14 bits per heavy atom. The second kappa shape index (κ2) is 5.44. The number of benzene rings is 1. The van der Waals surface area contributed by atoms with Crippen LogP contribution in [0.4, 0.5) is 0 Å². The lowest BCUT2D eigenvalue weighted by Gasteiger charge is -2.06. The van der Waals surface area contributed by atoms with Crippen molar-refractivity contribution < 1.29 is 13.9 Å². The van der Waals surface area contributed by atoms with Crippen molar-refractivity contribution in [3.63, 3.8) is 0 Å². The minimum absolute atomic E-state index is 0.312. The summed E-state index contributed by atoms with van der Waals surface area (Å²) in [6, 6.07) is 9.75. The number of pyridine rings is 1. The molecule has 110 valence electrons. The number of aromatic nitrogens is 1. The molecule has 22 heavy (non-hydrogen) atoms. The zero-order chi connectivity index (χ0) is 15.7. The highest BCUT2D eigenvalue weighted by atomic mass is 16.5. The van der Waals surface area contributed by atoms with Crippen molar-refractivity contribution in [2.45, 2.75) is 13.8 Å². The number of hydrogen-bond donors (Lipinski definition) is 0. The van der Waals surface area contributed by atoms with E-state index in [2.05, 4.69) is 4.98 Å². The van der Waals surface area contributed by atoms with Gasteiger partial charge in [-0.2, -0.15) is 0 Å². The molecule has 0 atom stereocenters. The van der Waals surface area contributed by atoms with Gasteiger partial charge in [0.05, 0.1) is 5.56 Å². The molecule has 0 spiro atoms. The molecule has 0 aliphatic carbocycles. The fourth-order valence-electron chi connectivity index (χ4n) is 2.12. The van der Waals surface area contributed by atoms with Crippen molar-refractivity contribution in [1.29, 1.82) is 0 Å². The van der Waals surface area contributed by atoms with E-state index in [-0.39, 0.29) is 0 Å². The maximum atomic E-state index is 12.0. The molecule has 0 radical (unpaired) electrons. The van der Waals surface area contributed by atoms with Crippen LogP contribution in [0, 0.1) is 13.8 Å². The number of carbonyl (C=O) groups is 1. The van der Waals surface area contributed by atoms with E-state index < -0.39 is 11.6 Å². The van der Waals surface area contributed by atoms with Gasteiger partial charge in [0.25, 0.3) is 0 Å². The normalized spacial score (nSPS) is 10.6. The number of carbonyl (C=O) groups excluding carboxylic acids is 1. The van der Waals surface area contributed by atoms with Crippen LogP contribution in [0.3, 0.4) is 0 Å². The molecule has 0 amide bonds. The van der Waals surface area contributed by atoms with Gasteiger partial charge in [-0.15, -0.1) is 0 Å². The van der Waals surface area contributed by atoms with Crippen molar-refractivity contribution in [3.05, 3.63) is 69.8 Å². The zero-order valence-electron chi connectivity index (χ0n) is 12.1. The lowest BCUT2D eigenvalue weighted by atomic mass is 10.1.